The summed E-state index contributed by atoms with van der Waals surface area (Å²) in [7, 11) is 2.17. The summed E-state index contributed by atoms with van der Waals surface area (Å²) in [6.45, 7) is 16.8. The van der Waals surface area contributed by atoms with E-state index in [0.29, 0.717) is 38.1 Å². The molecule has 0 aliphatic carbocycles. The van der Waals surface area contributed by atoms with E-state index in [1.54, 1.807) is 4.90 Å². The summed E-state index contributed by atoms with van der Waals surface area (Å²) >= 11 is 0. The number of guanidine groups is 1. The fourth-order valence-corrected chi connectivity index (χ4v) is 3.32. The zero-order valence-electron chi connectivity index (χ0n) is 18.2. The molecule has 0 aromatic heterocycles. The average molecular weight is 510 g/mol. The van der Waals surface area contributed by atoms with Crippen molar-refractivity contribution in [2.75, 3.05) is 72.5 Å². The molecule has 0 aromatic carbocycles. The van der Waals surface area contributed by atoms with Gasteiger partial charge in [-0.2, -0.15) is 0 Å². The Morgan fingerprint density at radius 2 is 1.57 bits per heavy atom. The smallest absolute Gasteiger partial charge is 0.410 e. The number of nitrogens with two attached hydrogens (primary N) is 1. The third kappa shape index (κ3) is 8.69. The number of aliphatic imine (C=N–C) groups is 1. The van der Waals surface area contributed by atoms with Gasteiger partial charge in [-0.25, -0.2) is 4.79 Å². The summed E-state index contributed by atoms with van der Waals surface area (Å²) in [6, 6.07) is 0. The van der Waals surface area contributed by atoms with Crippen LogP contribution in [0.3, 0.4) is 0 Å². The molecule has 0 radical (unpaired) electrons. The second-order valence-electron chi connectivity index (χ2n) is 8.86. The summed E-state index contributed by atoms with van der Waals surface area (Å²) < 4.78 is 5.43. The highest BCUT2D eigenvalue weighted by molar-refractivity contribution is 14.0. The first-order valence-electron chi connectivity index (χ1n) is 10.1. The molecule has 2 fully saturated rings. The number of likely N-dealkylation sites (N-methyl/N-ethyl adjacent to an activating group) is 1. The largest absolute Gasteiger partial charge is 0.444 e. The van der Waals surface area contributed by atoms with Gasteiger partial charge in [-0.05, 0) is 33.7 Å². The molecule has 2 aliphatic rings. The fraction of sp³-hybridized carbons (Fsp3) is 0.895. The van der Waals surface area contributed by atoms with Crippen LogP contribution in [-0.2, 0) is 4.74 Å². The molecule has 2 N–H and O–H groups in total. The molecule has 0 bridgehead atoms. The van der Waals surface area contributed by atoms with Crippen molar-refractivity contribution in [1.82, 2.24) is 19.6 Å². The molecule has 28 heavy (non-hydrogen) atoms. The SMILES string of the molecule is CC(CN=C(N)N1CCN(C(=O)OC(C)(C)C)CC1)CN1CCN(C)CC1.I. The third-order valence-corrected chi connectivity index (χ3v) is 4.99. The van der Waals surface area contributed by atoms with Crippen LogP contribution in [0.25, 0.3) is 0 Å². The Bertz CT molecular complexity index is 509. The molecule has 2 aliphatic heterocycles. The highest BCUT2D eigenvalue weighted by Crippen LogP contribution is 2.12. The fourth-order valence-electron chi connectivity index (χ4n) is 3.32. The number of rotatable bonds is 4. The van der Waals surface area contributed by atoms with E-state index in [9.17, 15) is 4.79 Å². The van der Waals surface area contributed by atoms with Gasteiger partial charge in [0.25, 0.3) is 0 Å². The number of ether oxygens (including phenoxy) is 1. The van der Waals surface area contributed by atoms with Crippen molar-refractivity contribution in [3.05, 3.63) is 0 Å². The van der Waals surface area contributed by atoms with E-state index >= 15 is 0 Å². The summed E-state index contributed by atoms with van der Waals surface area (Å²) in [6.07, 6.45) is -0.251. The number of nitrogens with zero attached hydrogens (tertiary/aromatic N) is 5. The van der Waals surface area contributed by atoms with Crippen molar-refractivity contribution in [2.45, 2.75) is 33.3 Å². The van der Waals surface area contributed by atoms with Crippen LogP contribution in [0.2, 0.25) is 0 Å². The topological polar surface area (TPSA) is 77.6 Å². The van der Waals surface area contributed by atoms with Crippen molar-refractivity contribution >= 4 is 36.0 Å². The van der Waals surface area contributed by atoms with E-state index in [0.717, 1.165) is 39.3 Å². The van der Waals surface area contributed by atoms with Crippen molar-refractivity contribution in [3.8, 4) is 0 Å². The lowest BCUT2D eigenvalue weighted by Crippen LogP contribution is -2.53. The van der Waals surface area contributed by atoms with Gasteiger partial charge in [0, 0.05) is 65.4 Å². The Labute approximate surface area is 187 Å². The van der Waals surface area contributed by atoms with E-state index in [2.05, 4.69) is 33.7 Å². The van der Waals surface area contributed by atoms with E-state index in [4.69, 9.17) is 10.5 Å². The van der Waals surface area contributed by atoms with Gasteiger partial charge in [-0.3, -0.25) is 4.99 Å². The van der Waals surface area contributed by atoms with Gasteiger partial charge < -0.3 is 30.1 Å². The lowest BCUT2D eigenvalue weighted by molar-refractivity contribution is 0.0186. The van der Waals surface area contributed by atoms with E-state index in [-0.39, 0.29) is 30.1 Å². The van der Waals surface area contributed by atoms with Gasteiger partial charge in [0.2, 0.25) is 0 Å². The maximum atomic E-state index is 12.1. The summed E-state index contributed by atoms with van der Waals surface area (Å²) in [5.41, 5.74) is 5.73. The molecule has 0 spiro atoms. The van der Waals surface area contributed by atoms with Crippen LogP contribution < -0.4 is 5.73 Å². The van der Waals surface area contributed by atoms with Crippen molar-refractivity contribution in [2.24, 2.45) is 16.6 Å². The molecule has 2 saturated heterocycles. The number of hydrogen-bond acceptors (Lipinski definition) is 5. The minimum absolute atomic E-state index is 0. The zero-order chi connectivity index (χ0) is 20.0. The van der Waals surface area contributed by atoms with E-state index in [1.165, 1.54) is 0 Å². The van der Waals surface area contributed by atoms with Gasteiger partial charge in [-0.1, -0.05) is 6.92 Å². The van der Waals surface area contributed by atoms with E-state index < -0.39 is 5.60 Å². The zero-order valence-corrected chi connectivity index (χ0v) is 20.5. The molecule has 2 rings (SSSR count). The molecule has 164 valence electrons. The predicted octanol–water partition coefficient (Wildman–Crippen LogP) is 1.36. The van der Waals surface area contributed by atoms with Crippen LogP contribution in [-0.4, -0.2) is 110 Å². The van der Waals surface area contributed by atoms with Crippen LogP contribution in [0.1, 0.15) is 27.7 Å². The Kier molecular flexibility index (Phi) is 10.3. The highest BCUT2D eigenvalue weighted by Gasteiger charge is 2.26. The molecule has 0 aromatic rings. The number of amides is 1. The van der Waals surface area contributed by atoms with Crippen LogP contribution in [0.15, 0.2) is 4.99 Å². The number of piperazine rings is 2. The highest BCUT2D eigenvalue weighted by atomic mass is 127. The van der Waals surface area contributed by atoms with Gasteiger partial charge in [0.05, 0.1) is 0 Å². The minimum atomic E-state index is -0.464. The molecule has 2 heterocycles. The summed E-state index contributed by atoms with van der Waals surface area (Å²) in [5, 5.41) is 0. The van der Waals surface area contributed by atoms with Crippen LogP contribution in [0.4, 0.5) is 4.79 Å². The van der Waals surface area contributed by atoms with Crippen LogP contribution >= 0.6 is 24.0 Å². The lowest BCUT2D eigenvalue weighted by atomic mass is 10.1. The monoisotopic (exact) mass is 510 g/mol. The maximum absolute atomic E-state index is 12.1. The quantitative estimate of drug-likeness (QED) is 0.350. The number of hydrogen-bond donors (Lipinski definition) is 1. The van der Waals surface area contributed by atoms with Gasteiger partial charge in [0.15, 0.2) is 5.96 Å². The second kappa shape index (κ2) is 11.4. The molecule has 1 atom stereocenters. The molecule has 0 saturated carbocycles. The molecule has 1 unspecified atom stereocenters. The molecular weight excluding hydrogens is 471 g/mol. The molecular formula is C19H39IN6O2. The standard InChI is InChI=1S/C19H38N6O2.HI/c1-16(15-23-8-6-22(5)7-9-23)14-21-17(20)24-10-12-25(13-11-24)18(26)27-19(2,3)4;/h16H,6-15H2,1-5H3,(H2,20,21);1H. The normalized spacial score (nSPS) is 21.2. The van der Waals surface area contributed by atoms with Crippen molar-refractivity contribution in [1.29, 1.82) is 0 Å². The van der Waals surface area contributed by atoms with E-state index in [1.807, 2.05) is 20.8 Å². The number of carbonyl (C=O) groups excluding carboxylic acids is 1. The second-order valence-corrected chi connectivity index (χ2v) is 8.86. The first-order chi connectivity index (χ1) is 12.6. The lowest BCUT2D eigenvalue weighted by Gasteiger charge is -2.36. The molecule has 1 amide bonds. The minimum Gasteiger partial charge on any atom is -0.444 e. The Morgan fingerprint density at radius 1 is 1.04 bits per heavy atom. The molecule has 8 nitrogen and oxygen atoms in total. The third-order valence-electron chi connectivity index (χ3n) is 4.99. The van der Waals surface area contributed by atoms with Gasteiger partial charge in [0.1, 0.15) is 5.60 Å². The Morgan fingerprint density at radius 3 is 2.11 bits per heavy atom. The molecule has 9 heteroatoms. The first kappa shape index (κ1) is 25.2. The summed E-state index contributed by atoms with van der Waals surface area (Å²) in [5.74, 6) is 1.07. The van der Waals surface area contributed by atoms with Gasteiger partial charge >= 0.3 is 6.09 Å². The first-order valence-corrected chi connectivity index (χ1v) is 10.1. The van der Waals surface area contributed by atoms with Crippen molar-refractivity contribution in [3.63, 3.8) is 0 Å². The van der Waals surface area contributed by atoms with Crippen molar-refractivity contribution < 1.29 is 9.53 Å². The Balaban J connectivity index is 0.00000392. The summed E-state index contributed by atoms with van der Waals surface area (Å²) in [4.78, 5) is 25.4. The number of carbonyl (C=O) groups is 1. The predicted molar refractivity (Wildman–Crippen MR) is 124 cm³/mol. The van der Waals surface area contributed by atoms with Gasteiger partial charge in [-0.15, -0.1) is 24.0 Å². The van der Waals surface area contributed by atoms with Crippen LogP contribution in [0, 0.1) is 5.92 Å². The van der Waals surface area contributed by atoms with Crippen LogP contribution in [0.5, 0.6) is 0 Å². The average Bonchev–Trinajstić information content (AvgIpc) is 2.60. The number of halogens is 1. The maximum Gasteiger partial charge on any atom is 0.410 e. The Hall–Kier alpha value is -0.810.